The number of benzene rings is 1. The van der Waals surface area contributed by atoms with Crippen molar-refractivity contribution in [2.24, 2.45) is 4.99 Å². The summed E-state index contributed by atoms with van der Waals surface area (Å²) in [4.78, 5) is 4.59. The van der Waals surface area contributed by atoms with Crippen molar-refractivity contribution < 1.29 is 9.47 Å². The molecule has 1 heterocycles. The zero-order chi connectivity index (χ0) is 16.7. The Morgan fingerprint density at radius 2 is 2.17 bits per heavy atom. The molecule has 2 N–H and O–H groups in total. The molecule has 0 aromatic heterocycles. The number of guanidine groups is 1. The second kappa shape index (κ2) is 8.20. The van der Waals surface area contributed by atoms with Gasteiger partial charge in [-0.15, -0.1) is 0 Å². The van der Waals surface area contributed by atoms with Crippen molar-refractivity contribution in [1.29, 1.82) is 0 Å². The first kappa shape index (κ1) is 17.6. The van der Waals surface area contributed by atoms with E-state index >= 15 is 0 Å². The van der Waals surface area contributed by atoms with Crippen LogP contribution >= 0.6 is 0 Å². The summed E-state index contributed by atoms with van der Waals surface area (Å²) in [6, 6.07) is 6.48. The molecule has 1 aromatic carbocycles. The molecule has 1 aliphatic heterocycles. The monoisotopic (exact) mass is 319 g/mol. The third-order valence-electron chi connectivity index (χ3n) is 3.97. The number of nitrogens with one attached hydrogen (secondary N) is 2. The number of methoxy groups -OCH3 is 1. The van der Waals surface area contributed by atoms with E-state index in [4.69, 9.17) is 9.47 Å². The summed E-state index contributed by atoms with van der Waals surface area (Å²) in [6.45, 7) is 9.26. The van der Waals surface area contributed by atoms with E-state index in [0.29, 0.717) is 6.54 Å². The molecule has 0 bridgehead atoms. The molecule has 5 nitrogen and oxygen atoms in total. The molecule has 128 valence electrons. The van der Waals surface area contributed by atoms with E-state index in [1.54, 1.807) is 7.11 Å². The highest BCUT2D eigenvalue weighted by molar-refractivity contribution is 5.79. The lowest BCUT2D eigenvalue weighted by atomic mass is 10.1. The zero-order valence-electron chi connectivity index (χ0n) is 14.7. The second-order valence-electron chi connectivity index (χ2n) is 6.38. The van der Waals surface area contributed by atoms with E-state index in [2.05, 4.69) is 40.7 Å². The van der Waals surface area contributed by atoms with Gasteiger partial charge in [-0.05, 0) is 44.4 Å². The predicted octanol–water partition coefficient (Wildman–Crippen LogP) is 2.14. The smallest absolute Gasteiger partial charge is 0.191 e. The van der Waals surface area contributed by atoms with Crippen molar-refractivity contribution in [1.82, 2.24) is 10.6 Å². The first-order valence-electron chi connectivity index (χ1n) is 8.36. The molecule has 0 fully saturated rings. The van der Waals surface area contributed by atoms with Crippen LogP contribution in [0.25, 0.3) is 0 Å². The summed E-state index contributed by atoms with van der Waals surface area (Å²) in [5.41, 5.74) is 2.40. The summed E-state index contributed by atoms with van der Waals surface area (Å²) < 4.78 is 11.0. The molecule has 0 saturated carbocycles. The Hall–Kier alpha value is -1.75. The van der Waals surface area contributed by atoms with Gasteiger partial charge in [-0.3, -0.25) is 4.99 Å². The minimum absolute atomic E-state index is 0.248. The molecule has 23 heavy (non-hydrogen) atoms. The molecule has 2 rings (SSSR count). The molecular formula is C18H29N3O2. The molecule has 0 saturated heterocycles. The summed E-state index contributed by atoms with van der Waals surface area (Å²) in [7, 11) is 1.72. The van der Waals surface area contributed by atoms with Gasteiger partial charge in [0.05, 0.1) is 18.8 Å². The zero-order valence-corrected chi connectivity index (χ0v) is 14.7. The molecule has 1 aliphatic rings. The van der Waals surface area contributed by atoms with Crippen molar-refractivity contribution in [2.45, 2.75) is 39.2 Å². The van der Waals surface area contributed by atoms with Crippen molar-refractivity contribution >= 4 is 5.96 Å². The van der Waals surface area contributed by atoms with E-state index in [-0.39, 0.29) is 5.60 Å². The summed E-state index contributed by atoms with van der Waals surface area (Å²) >= 11 is 0. The highest BCUT2D eigenvalue weighted by Crippen LogP contribution is 2.25. The summed E-state index contributed by atoms with van der Waals surface area (Å²) in [5, 5.41) is 6.66. The predicted molar refractivity (Wildman–Crippen MR) is 94.4 cm³/mol. The second-order valence-corrected chi connectivity index (χ2v) is 6.38. The van der Waals surface area contributed by atoms with Gasteiger partial charge in [-0.2, -0.15) is 0 Å². The third kappa shape index (κ3) is 5.43. The van der Waals surface area contributed by atoms with Gasteiger partial charge in [0.25, 0.3) is 0 Å². The van der Waals surface area contributed by atoms with Crippen LogP contribution in [-0.4, -0.2) is 44.9 Å². The van der Waals surface area contributed by atoms with E-state index in [0.717, 1.165) is 44.2 Å². The first-order valence-corrected chi connectivity index (χ1v) is 8.36. The van der Waals surface area contributed by atoms with Gasteiger partial charge in [0, 0.05) is 26.6 Å². The summed E-state index contributed by atoms with van der Waals surface area (Å²) in [5.74, 6) is 1.88. The van der Waals surface area contributed by atoms with Gasteiger partial charge in [-0.1, -0.05) is 12.1 Å². The van der Waals surface area contributed by atoms with Gasteiger partial charge < -0.3 is 20.1 Å². The number of hydrogen-bond donors (Lipinski definition) is 2. The summed E-state index contributed by atoms with van der Waals surface area (Å²) in [6.07, 6.45) is 1.98. The van der Waals surface area contributed by atoms with Crippen LogP contribution in [0.1, 0.15) is 31.9 Å². The number of rotatable bonds is 7. The molecule has 0 spiro atoms. The minimum Gasteiger partial charge on any atom is -0.493 e. The Kier molecular flexibility index (Phi) is 6.28. The molecule has 0 amide bonds. The number of hydrogen-bond acceptors (Lipinski definition) is 3. The van der Waals surface area contributed by atoms with Gasteiger partial charge in [0.1, 0.15) is 5.75 Å². The Morgan fingerprint density at radius 1 is 1.35 bits per heavy atom. The van der Waals surface area contributed by atoms with E-state index < -0.39 is 0 Å². The lowest BCUT2D eigenvalue weighted by molar-refractivity contribution is 0.0310. The quantitative estimate of drug-likeness (QED) is 0.597. The molecule has 1 aromatic rings. The van der Waals surface area contributed by atoms with Crippen LogP contribution < -0.4 is 15.4 Å². The van der Waals surface area contributed by atoms with E-state index in [1.165, 1.54) is 11.1 Å². The Labute approximate surface area is 139 Å². The van der Waals surface area contributed by atoms with E-state index in [1.807, 2.05) is 13.8 Å². The number of fused-ring (bicyclic) bond motifs is 1. The average molecular weight is 319 g/mol. The molecule has 0 aliphatic carbocycles. The molecular weight excluding hydrogens is 290 g/mol. The van der Waals surface area contributed by atoms with Crippen molar-refractivity contribution in [3.05, 3.63) is 29.3 Å². The molecule has 0 atom stereocenters. The van der Waals surface area contributed by atoms with E-state index in [9.17, 15) is 0 Å². The maximum absolute atomic E-state index is 5.55. The molecule has 0 radical (unpaired) electrons. The fourth-order valence-corrected chi connectivity index (χ4v) is 2.40. The van der Waals surface area contributed by atoms with Crippen molar-refractivity contribution in [3.8, 4) is 5.75 Å². The Balaban J connectivity index is 1.85. The number of ether oxygens (including phenoxy) is 2. The maximum Gasteiger partial charge on any atom is 0.191 e. The Bertz CT molecular complexity index is 541. The first-order chi connectivity index (χ1) is 11.0. The van der Waals surface area contributed by atoms with Gasteiger partial charge in [0.15, 0.2) is 5.96 Å². The standard InChI is InChI=1S/C18H29N3O2/c1-5-19-17(21-13-18(2,3)22-4)20-10-8-14-6-7-16-15(12-14)9-11-23-16/h6-7,12H,5,8-11,13H2,1-4H3,(H2,19,20,21). The lowest BCUT2D eigenvalue weighted by Gasteiger charge is -2.21. The normalized spacial score (nSPS) is 14.3. The Morgan fingerprint density at radius 3 is 2.91 bits per heavy atom. The van der Waals surface area contributed by atoms with Crippen molar-refractivity contribution in [2.75, 3.05) is 33.4 Å². The van der Waals surface area contributed by atoms with Crippen LogP contribution in [0.15, 0.2) is 23.2 Å². The van der Waals surface area contributed by atoms with Crippen LogP contribution in [0.5, 0.6) is 5.75 Å². The fourth-order valence-electron chi connectivity index (χ4n) is 2.40. The van der Waals surface area contributed by atoms with Crippen molar-refractivity contribution in [3.63, 3.8) is 0 Å². The van der Waals surface area contributed by atoms with Gasteiger partial charge in [0.2, 0.25) is 0 Å². The largest absolute Gasteiger partial charge is 0.493 e. The minimum atomic E-state index is -0.248. The highest BCUT2D eigenvalue weighted by Gasteiger charge is 2.16. The average Bonchev–Trinajstić information content (AvgIpc) is 3.00. The fraction of sp³-hybridized carbons (Fsp3) is 0.611. The number of nitrogens with zero attached hydrogens (tertiary/aromatic N) is 1. The molecule has 5 heteroatoms. The molecule has 0 unspecified atom stereocenters. The van der Waals surface area contributed by atoms with Gasteiger partial charge in [-0.25, -0.2) is 0 Å². The number of aliphatic imine (C=N–C) groups is 1. The lowest BCUT2D eigenvalue weighted by Crippen LogP contribution is -2.40. The van der Waals surface area contributed by atoms with Gasteiger partial charge >= 0.3 is 0 Å². The highest BCUT2D eigenvalue weighted by atomic mass is 16.5. The third-order valence-corrected chi connectivity index (χ3v) is 3.97. The maximum atomic E-state index is 5.55. The van der Waals surface area contributed by atoms with Crippen LogP contribution in [0.2, 0.25) is 0 Å². The SMILES string of the molecule is CCNC(=NCC(C)(C)OC)NCCc1ccc2c(c1)CCO2. The van der Waals surface area contributed by atoms with Crippen LogP contribution in [-0.2, 0) is 17.6 Å². The van der Waals surface area contributed by atoms with Crippen LogP contribution in [0.4, 0.5) is 0 Å². The van der Waals surface area contributed by atoms with Crippen LogP contribution in [0, 0.1) is 0 Å². The van der Waals surface area contributed by atoms with Crippen LogP contribution in [0.3, 0.4) is 0 Å². The topological polar surface area (TPSA) is 54.9 Å².